The Kier molecular flexibility index (Phi) is 5.76. The number of ether oxygens (including phenoxy) is 1. The summed E-state index contributed by atoms with van der Waals surface area (Å²) in [7, 11) is 1.73. The van der Waals surface area contributed by atoms with Gasteiger partial charge in [-0.25, -0.2) is 4.98 Å². The standard InChI is InChI=1S/C17H23N3O3S/c1-23-12-11-19-9-6-13(7-10-19)4-5-15(21)20-17(22)14-3-2-8-18-16(14)24-20/h2-3,8,13H,4-7,9-12H2,1H3. The summed E-state index contributed by atoms with van der Waals surface area (Å²) in [5, 5.41) is 0.530. The molecule has 24 heavy (non-hydrogen) atoms. The van der Waals surface area contributed by atoms with Crippen LogP contribution in [0.5, 0.6) is 0 Å². The highest BCUT2D eigenvalue weighted by atomic mass is 32.1. The molecule has 0 spiro atoms. The summed E-state index contributed by atoms with van der Waals surface area (Å²) in [6.45, 7) is 3.88. The van der Waals surface area contributed by atoms with Crippen LogP contribution in [0.2, 0.25) is 0 Å². The molecular weight excluding hydrogens is 326 g/mol. The molecule has 1 fully saturated rings. The minimum absolute atomic E-state index is 0.107. The largest absolute Gasteiger partial charge is 0.383 e. The lowest BCUT2D eigenvalue weighted by molar-refractivity contribution is 0.0883. The highest BCUT2D eigenvalue weighted by Crippen LogP contribution is 2.22. The SMILES string of the molecule is COCCN1CCC(CCC(=O)n2sc3ncccc3c2=O)CC1. The lowest BCUT2D eigenvalue weighted by Gasteiger charge is -2.31. The maximum atomic E-state index is 12.4. The van der Waals surface area contributed by atoms with Gasteiger partial charge in [0, 0.05) is 26.3 Å². The number of nitrogens with zero attached hydrogens (tertiary/aromatic N) is 3. The van der Waals surface area contributed by atoms with E-state index in [1.165, 1.54) is 3.96 Å². The van der Waals surface area contributed by atoms with E-state index in [2.05, 4.69) is 9.88 Å². The molecule has 0 radical (unpaired) electrons. The Hall–Kier alpha value is -1.57. The van der Waals surface area contributed by atoms with Crippen molar-refractivity contribution in [1.29, 1.82) is 0 Å². The molecule has 0 N–H and O–H groups in total. The maximum absolute atomic E-state index is 12.4. The van der Waals surface area contributed by atoms with Gasteiger partial charge < -0.3 is 9.64 Å². The number of hydrogen-bond acceptors (Lipinski definition) is 6. The predicted molar refractivity (Wildman–Crippen MR) is 94.8 cm³/mol. The second-order valence-corrected chi connectivity index (χ2v) is 7.19. The third-order valence-corrected chi connectivity index (χ3v) is 5.73. The van der Waals surface area contributed by atoms with Crippen LogP contribution < -0.4 is 5.56 Å². The minimum Gasteiger partial charge on any atom is -0.383 e. The zero-order chi connectivity index (χ0) is 16.9. The molecule has 1 aliphatic rings. The lowest BCUT2D eigenvalue weighted by Crippen LogP contribution is -2.36. The second kappa shape index (κ2) is 8.00. The molecule has 3 heterocycles. The summed E-state index contributed by atoms with van der Waals surface area (Å²) in [5.41, 5.74) is -0.234. The van der Waals surface area contributed by atoms with Gasteiger partial charge >= 0.3 is 0 Å². The monoisotopic (exact) mass is 349 g/mol. The Morgan fingerprint density at radius 1 is 1.42 bits per heavy atom. The lowest BCUT2D eigenvalue weighted by atomic mass is 9.92. The van der Waals surface area contributed by atoms with Gasteiger partial charge in [-0.15, -0.1) is 0 Å². The van der Waals surface area contributed by atoms with Crippen LogP contribution in [0.4, 0.5) is 0 Å². The van der Waals surface area contributed by atoms with Crippen LogP contribution >= 0.6 is 11.5 Å². The van der Waals surface area contributed by atoms with Gasteiger partial charge in [0.15, 0.2) is 0 Å². The summed E-state index contributed by atoms with van der Waals surface area (Å²) < 4.78 is 6.38. The summed E-state index contributed by atoms with van der Waals surface area (Å²) in [5.74, 6) is 0.459. The molecule has 0 aromatic carbocycles. The predicted octanol–water partition coefficient (Wildman–Crippen LogP) is 2.24. The van der Waals surface area contributed by atoms with Gasteiger partial charge in [0.1, 0.15) is 4.83 Å². The molecule has 0 bridgehead atoms. The first-order valence-corrected chi connectivity index (χ1v) is 9.18. The molecule has 130 valence electrons. The van der Waals surface area contributed by atoms with E-state index in [9.17, 15) is 9.59 Å². The Morgan fingerprint density at radius 3 is 2.92 bits per heavy atom. The van der Waals surface area contributed by atoms with Gasteiger partial charge in [0.25, 0.3) is 5.56 Å². The Bertz CT molecular complexity index is 747. The van der Waals surface area contributed by atoms with Crippen LogP contribution in [0.3, 0.4) is 0 Å². The molecule has 3 rings (SSSR count). The number of likely N-dealkylation sites (tertiary alicyclic amines) is 1. The highest BCUT2D eigenvalue weighted by Gasteiger charge is 2.21. The van der Waals surface area contributed by atoms with Crippen LogP contribution in [0.15, 0.2) is 23.1 Å². The van der Waals surface area contributed by atoms with Crippen molar-refractivity contribution >= 4 is 27.7 Å². The average molecular weight is 349 g/mol. The number of carbonyl (C=O) groups is 1. The van der Waals surface area contributed by atoms with Crippen molar-refractivity contribution in [3.05, 3.63) is 28.7 Å². The number of pyridine rings is 1. The van der Waals surface area contributed by atoms with E-state index in [1.54, 1.807) is 25.4 Å². The zero-order valence-electron chi connectivity index (χ0n) is 13.9. The Morgan fingerprint density at radius 2 is 2.21 bits per heavy atom. The third kappa shape index (κ3) is 3.91. The van der Waals surface area contributed by atoms with Crippen LogP contribution in [0.25, 0.3) is 10.2 Å². The van der Waals surface area contributed by atoms with Crippen LogP contribution in [0, 0.1) is 5.92 Å². The molecule has 7 heteroatoms. The van der Waals surface area contributed by atoms with Gasteiger partial charge in [-0.1, -0.05) is 0 Å². The summed E-state index contributed by atoms with van der Waals surface area (Å²) in [4.78, 5) is 31.9. The van der Waals surface area contributed by atoms with Crippen molar-refractivity contribution < 1.29 is 9.53 Å². The van der Waals surface area contributed by atoms with E-state index in [1.807, 2.05) is 0 Å². The number of rotatable bonds is 6. The number of aromatic nitrogens is 2. The number of fused-ring (bicyclic) bond motifs is 1. The Balaban J connectivity index is 1.52. The zero-order valence-corrected chi connectivity index (χ0v) is 14.8. The molecular formula is C17H23N3O3S. The fraction of sp³-hybridized carbons (Fsp3) is 0.588. The first kappa shape index (κ1) is 17.3. The summed E-state index contributed by atoms with van der Waals surface area (Å²) in [6.07, 6.45) is 5.14. The second-order valence-electron chi connectivity index (χ2n) is 6.26. The first-order valence-electron chi connectivity index (χ1n) is 8.40. The fourth-order valence-electron chi connectivity index (χ4n) is 3.18. The van der Waals surface area contributed by atoms with Gasteiger partial charge in [0.2, 0.25) is 5.91 Å². The molecule has 2 aromatic heterocycles. The highest BCUT2D eigenvalue weighted by molar-refractivity contribution is 7.14. The van der Waals surface area contributed by atoms with E-state index in [0.29, 0.717) is 22.6 Å². The van der Waals surface area contributed by atoms with Crippen LogP contribution in [0.1, 0.15) is 30.5 Å². The van der Waals surface area contributed by atoms with E-state index >= 15 is 0 Å². The molecule has 1 saturated heterocycles. The first-order chi connectivity index (χ1) is 11.7. The van der Waals surface area contributed by atoms with Crippen molar-refractivity contribution in [2.24, 2.45) is 5.92 Å². The quantitative estimate of drug-likeness (QED) is 0.800. The van der Waals surface area contributed by atoms with E-state index in [4.69, 9.17) is 4.74 Å². The molecule has 0 aliphatic carbocycles. The minimum atomic E-state index is -0.234. The summed E-state index contributed by atoms with van der Waals surface area (Å²) in [6, 6.07) is 3.45. The number of carbonyl (C=O) groups excluding carboxylic acids is 1. The molecule has 0 atom stereocenters. The van der Waals surface area contributed by atoms with E-state index in [0.717, 1.165) is 57.0 Å². The molecule has 0 unspecified atom stereocenters. The summed E-state index contributed by atoms with van der Waals surface area (Å²) >= 11 is 1.15. The van der Waals surface area contributed by atoms with Crippen molar-refractivity contribution in [3.8, 4) is 0 Å². The fourth-order valence-corrected chi connectivity index (χ4v) is 4.09. The van der Waals surface area contributed by atoms with Crippen molar-refractivity contribution in [2.75, 3.05) is 33.4 Å². The number of piperidine rings is 1. The Labute approximate surface area is 145 Å². The normalized spacial score (nSPS) is 16.7. The van der Waals surface area contributed by atoms with E-state index < -0.39 is 0 Å². The third-order valence-electron chi connectivity index (χ3n) is 4.68. The van der Waals surface area contributed by atoms with Gasteiger partial charge in [-0.2, -0.15) is 3.96 Å². The van der Waals surface area contributed by atoms with E-state index in [-0.39, 0.29) is 11.5 Å². The van der Waals surface area contributed by atoms with Crippen molar-refractivity contribution in [2.45, 2.75) is 25.7 Å². The van der Waals surface area contributed by atoms with Crippen LogP contribution in [-0.2, 0) is 4.74 Å². The van der Waals surface area contributed by atoms with Crippen molar-refractivity contribution in [3.63, 3.8) is 0 Å². The average Bonchev–Trinajstić information content (AvgIpc) is 2.96. The van der Waals surface area contributed by atoms with Gasteiger partial charge in [-0.05, 0) is 61.9 Å². The van der Waals surface area contributed by atoms with Gasteiger partial charge in [0.05, 0.1) is 12.0 Å². The molecule has 0 amide bonds. The molecule has 0 saturated carbocycles. The topological polar surface area (TPSA) is 64.4 Å². The van der Waals surface area contributed by atoms with Crippen LogP contribution in [-0.4, -0.2) is 53.1 Å². The van der Waals surface area contributed by atoms with Gasteiger partial charge in [-0.3, -0.25) is 9.59 Å². The molecule has 1 aliphatic heterocycles. The number of methoxy groups -OCH3 is 1. The van der Waals surface area contributed by atoms with Crippen molar-refractivity contribution in [1.82, 2.24) is 13.8 Å². The molecule has 6 nitrogen and oxygen atoms in total. The number of hydrogen-bond donors (Lipinski definition) is 0. The molecule has 2 aromatic rings. The smallest absolute Gasteiger partial charge is 0.277 e. The maximum Gasteiger partial charge on any atom is 0.277 e.